The smallest absolute Gasteiger partial charge is 0.319 e. The Balaban J connectivity index is 1.82. The second-order valence-electron chi connectivity index (χ2n) is 7.83. The van der Waals surface area contributed by atoms with Gasteiger partial charge in [0.2, 0.25) is 0 Å². The zero-order valence-electron chi connectivity index (χ0n) is 16.2. The van der Waals surface area contributed by atoms with Crippen LogP contribution in [0.15, 0.2) is 16.5 Å². The van der Waals surface area contributed by atoms with Crippen LogP contribution in [-0.2, 0) is 12.1 Å². The average molecular weight is 390 g/mol. The minimum atomic E-state index is -0.373. The van der Waals surface area contributed by atoms with Gasteiger partial charge in [0, 0.05) is 10.9 Å². The van der Waals surface area contributed by atoms with Crippen LogP contribution < -0.4 is 10.6 Å². The van der Waals surface area contributed by atoms with Crippen LogP contribution in [0.1, 0.15) is 63.7 Å². The third-order valence-electron chi connectivity index (χ3n) is 5.95. The molecule has 1 aliphatic carbocycles. The van der Waals surface area contributed by atoms with Gasteiger partial charge in [0.05, 0.1) is 22.8 Å². The van der Waals surface area contributed by atoms with E-state index in [1.165, 1.54) is 6.42 Å². The van der Waals surface area contributed by atoms with Crippen molar-refractivity contribution in [2.45, 2.75) is 64.5 Å². The lowest BCUT2D eigenvalue weighted by Gasteiger charge is -2.42. The molecule has 0 saturated heterocycles. The van der Waals surface area contributed by atoms with E-state index in [9.17, 15) is 4.79 Å². The Bertz CT molecular complexity index is 855. The molecule has 1 fully saturated rings. The molecule has 1 spiro atoms. The number of hydrogen-bond acceptors (Lipinski definition) is 3. The van der Waals surface area contributed by atoms with Crippen LogP contribution in [-0.4, -0.2) is 24.0 Å². The van der Waals surface area contributed by atoms with E-state index in [2.05, 4.69) is 35.4 Å². The first-order chi connectivity index (χ1) is 13.1. The SMILES string of the molecule is CCCN(CC)Cc1cc2cc(Cl)c3c(c2o1)C1(CCCCC1)NC(=O)N3. The summed E-state index contributed by atoms with van der Waals surface area (Å²) in [5.41, 5.74) is 2.25. The lowest BCUT2D eigenvalue weighted by molar-refractivity contribution is 0.208. The summed E-state index contributed by atoms with van der Waals surface area (Å²) in [6.45, 7) is 7.20. The monoisotopic (exact) mass is 389 g/mol. The highest BCUT2D eigenvalue weighted by molar-refractivity contribution is 6.35. The minimum absolute atomic E-state index is 0.169. The molecule has 0 atom stereocenters. The van der Waals surface area contributed by atoms with E-state index in [1.807, 2.05) is 6.07 Å². The van der Waals surface area contributed by atoms with Crippen molar-refractivity contribution in [2.24, 2.45) is 0 Å². The maximum Gasteiger partial charge on any atom is 0.319 e. The molecule has 4 rings (SSSR count). The van der Waals surface area contributed by atoms with Crippen molar-refractivity contribution >= 4 is 34.3 Å². The number of carbonyl (C=O) groups excluding carboxylic acids is 1. The summed E-state index contributed by atoms with van der Waals surface area (Å²) in [6, 6.07) is 3.85. The number of nitrogens with one attached hydrogen (secondary N) is 2. The lowest BCUT2D eigenvalue weighted by atomic mass is 9.74. The summed E-state index contributed by atoms with van der Waals surface area (Å²) < 4.78 is 6.37. The number of fused-ring (bicyclic) bond motifs is 4. The first-order valence-corrected chi connectivity index (χ1v) is 10.5. The largest absolute Gasteiger partial charge is 0.459 e. The Morgan fingerprint density at radius 3 is 2.70 bits per heavy atom. The first kappa shape index (κ1) is 18.6. The highest BCUT2D eigenvalue weighted by Gasteiger charge is 2.43. The molecular weight excluding hydrogens is 362 g/mol. The van der Waals surface area contributed by atoms with Crippen molar-refractivity contribution < 1.29 is 9.21 Å². The zero-order chi connectivity index (χ0) is 19.0. The van der Waals surface area contributed by atoms with Gasteiger partial charge in [0.25, 0.3) is 0 Å². The predicted molar refractivity (Wildman–Crippen MR) is 109 cm³/mol. The molecule has 5 nitrogen and oxygen atoms in total. The molecule has 0 bridgehead atoms. The van der Waals surface area contributed by atoms with Gasteiger partial charge in [-0.25, -0.2) is 4.79 Å². The Morgan fingerprint density at radius 2 is 2.00 bits per heavy atom. The number of carbonyl (C=O) groups is 1. The summed E-state index contributed by atoms with van der Waals surface area (Å²) in [5.74, 6) is 0.952. The van der Waals surface area contributed by atoms with E-state index in [0.29, 0.717) is 5.02 Å². The summed E-state index contributed by atoms with van der Waals surface area (Å²) in [5, 5.41) is 7.74. The molecule has 2 heterocycles. The van der Waals surface area contributed by atoms with E-state index < -0.39 is 0 Å². The van der Waals surface area contributed by atoms with E-state index in [-0.39, 0.29) is 11.6 Å². The maximum absolute atomic E-state index is 12.3. The van der Waals surface area contributed by atoms with Crippen LogP contribution in [0.25, 0.3) is 11.0 Å². The van der Waals surface area contributed by atoms with Crippen LogP contribution in [0.5, 0.6) is 0 Å². The second kappa shape index (κ2) is 7.36. The summed E-state index contributed by atoms with van der Waals surface area (Å²) in [7, 11) is 0. The number of furan rings is 1. The van der Waals surface area contributed by atoms with Gasteiger partial charge in [-0.15, -0.1) is 0 Å². The molecule has 6 heteroatoms. The van der Waals surface area contributed by atoms with E-state index in [0.717, 1.165) is 79.7 Å². The normalized spacial score (nSPS) is 18.6. The van der Waals surface area contributed by atoms with Crippen LogP contribution in [0.2, 0.25) is 5.02 Å². The number of halogens is 1. The predicted octanol–water partition coefficient (Wildman–Crippen LogP) is 5.61. The van der Waals surface area contributed by atoms with Crippen LogP contribution in [0.4, 0.5) is 10.5 Å². The summed E-state index contributed by atoms with van der Waals surface area (Å²) in [4.78, 5) is 14.7. The summed E-state index contributed by atoms with van der Waals surface area (Å²) in [6.07, 6.45) is 6.37. The van der Waals surface area contributed by atoms with Gasteiger partial charge in [-0.2, -0.15) is 0 Å². The molecule has 146 valence electrons. The third kappa shape index (κ3) is 3.32. The molecule has 2 aliphatic rings. The highest BCUT2D eigenvalue weighted by atomic mass is 35.5. The molecule has 0 unspecified atom stereocenters. The van der Waals surface area contributed by atoms with Gasteiger partial charge in [0.15, 0.2) is 0 Å². The fourth-order valence-electron chi connectivity index (χ4n) is 4.70. The van der Waals surface area contributed by atoms with E-state index in [1.54, 1.807) is 0 Å². The van der Waals surface area contributed by atoms with Gasteiger partial charge in [-0.05, 0) is 44.5 Å². The van der Waals surface area contributed by atoms with Gasteiger partial charge >= 0.3 is 6.03 Å². The number of rotatable bonds is 5. The quantitative estimate of drug-likeness (QED) is 0.698. The minimum Gasteiger partial charge on any atom is -0.459 e. The number of nitrogens with zero attached hydrogens (tertiary/aromatic N) is 1. The molecule has 1 aromatic carbocycles. The molecule has 1 saturated carbocycles. The summed E-state index contributed by atoms with van der Waals surface area (Å²) >= 11 is 6.59. The van der Waals surface area contributed by atoms with E-state index in [4.69, 9.17) is 16.0 Å². The van der Waals surface area contributed by atoms with Crippen molar-refractivity contribution in [1.29, 1.82) is 0 Å². The molecule has 27 heavy (non-hydrogen) atoms. The average Bonchev–Trinajstić information content (AvgIpc) is 3.03. The number of amides is 2. The fraction of sp³-hybridized carbons (Fsp3) is 0.571. The van der Waals surface area contributed by atoms with Crippen molar-refractivity contribution in [3.63, 3.8) is 0 Å². The van der Waals surface area contributed by atoms with Gasteiger partial charge in [0.1, 0.15) is 11.3 Å². The van der Waals surface area contributed by atoms with Crippen molar-refractivity contribution in [1.82, 2.24) is 10.2 Å². The van der Waals surface area contributed by atoms with Crippen LogP contribution in [0.3, 0.4) is 0 Å². The molecule has 1 aliphatic heterocycles. The standard InChI is InChI=1S/C21H28ClN3O2/c1-3-10-25(4-2)13-15-11-14-12-16(22)18-17(19(14)27-15)21(24-20(26)23-18)8-6-5-7-9-21/h11-12H,3-10,13H2,1-2H3,(H2,23,24,26). The van der Waals surface area contributed by atoms with Crippen LogP contribution >= 0.6 is 11.6 Å². The van der Waals surface area contributed by atoms with Gasteiger partial charge in [-0.3, -0.25) is 4.90 Å². The molecule has 2 N–H and O–H groups in total. The highest BCUT2D eigenvalue weighted by Crippen LogP contribution is 2.48. The third-order valence-corrected chi connectivity index (χ3v) is 6.25. The number of anilines is 1. The Kier molecular flexibility index (Phi) is 5.08. The molecular formula is C21H28ClN3O2. The Morgan fingerprint density at radius 1 is 1.22 bits per heavy atom. The van der Waals surface area contributed by atoms with Crippen molar-refractivity contribution in [3.8, 4) is 0 Å². The number of hydrogen-bond donors (Lipinski definition) is 2. The fourth-order valence-corrected chi connectivity index (χ4v) is 4.96. The van der Waals surface area contributed by atoms with E-state index >= 15 is 0 Å². The second-order valence-corrected chi connectivity index (χ2v) is 8.24. The number of urea groups is 1. The Labute approximate surface area is 165 Å². The first-order valence-electron chi connectivity index (χ1n) is 10.1. The van der Waals surface area contributed by atoms with Crippen molar-refractivity contribution in [3.05, 3.63) is 28.5 Å². The van der Waals surface area contributed by atoms with Gasteiger partial charge < -0.3 is 15.1 Å². The lowest BCUT2D eigenvalue weighted by Crippen LogP contribution is -2.52. The molecule has 0 radical (unpaired) electrons. The molecule has 2 amide bonds. The molecule has 1 aromatic heterocycles. The van der Waals surface area contributed by atoms with Crippen LogP contribution in [0, 0.1) is 0 Å². The number of benzene rings is 1. The maximum atomic E-state index is 12.3. The van der Waals surface area contributed by atoms with Gasteiger partial charge in [-0.1, -0.05) is 44.7 Å². The zero-order valence-corrected chi connectivity index (χ0v) is 16.9. The Hall–Kier alpha value is -1.72. The van der Waals surface area contributed by atoms with Crippen molar-refractivity contribution in [2.75, 3.05) is 18.4 Å². The molecule has 2 aromatic rings. The topological polar surface area (TPSA) is 57.5 Å².